The number of alkyl halides is 3. The number of phenols is 1. The molecule has 0 saturated carbocycles. The molecule has 2 aromatic rings. The van der Waals surface area contributed by atoms with Crippen molar-refractivity contribution in [2.24, 2.45) is 0 Å². The predicted molar refractivity (Wildman–Crippen MR) is 87.0 cm³/mol. The Balaban J connectivity index is 1.63. The topological polar surface area (TPSA) is 26.7 Å². The van der Waals surface area contributed by atoms with Gasteiger partial charge in [-0.25, -0.2) is 0 Å². The summed E-state index contributed by atoms with van der Waals surface area (Å²) >= 11 is 0. The Morgan fingerprint density at radius 3 is 2.12 bits per heavy atom. The Hall–Kier alpha value is -2.21. The van der Waals surface area contributed by atoms with Gasteiger partial charge in [0.15, 0.2) is 0 Å². The summed E-state index contributed by atoms with van der Waals surface area (Å²) in [5.74, 6) is 0.223. The van der Waals surface area contributed by atoms with E-state index in [1.165, 1.54) is 6.07 Å². The molecule has 0 spiro atoms. The van der Waals surface area contributed by atoms with Crippen molar-refractivity contribution in [2.75, 3.05) is 31.1 Å². The van der Waals surface area contributed by atoms with Crippen LogP contribution in [0.4, 0.5) is 18.9 Å². The molecule has 0 amide bonds. The van der Waals surface area contributed by atoms with E-state index in [1.54, 1.807) is 24.3 Å². The van der Waals surface area contributed by atoms with E-state index in [4.69, 9.17) is 0 Å². The number of rotatable bonds is 3. The van der Waals surface area contributed by atoms with Crippen molar-refractivity contribution in [1.29, 1.82) is 0 Å². The largest absolute Gasteiger partial charge is 0.508 e. The van der Waals surface area contributed by atoms with Gasteiger partial charge in [0, 0.05) is 38.4 Å². The molecular formula is C18H19F3N2O. The number of piperazine rings is 1. The number of anilines is 1. The van der Waals surface area contributed by atoms with Crippen molar-refractivity contribution in [2.45, 2.75) is 12.7 Å². The fourth-order valence-electron chi connectivity index (χ4n) is 3.00. The highest BCUT2D eigenvalue weighted by Gasteiger charge is 2.33. The molecule has 0 radical (unpaired) electrons. The summed E-state index contributed by atoms with van der Waals surface area (Å²) in [7, 11) is 0. The van der Waals surface area contributed by atoms with Crippen LogP contribution in [-0.4, -0.2) is 36.2 Å². The Morgan fingerprint density at radius 2 is 1.50 bits per heavy atom. The van der Waals surface area contributed by atoms with E-state index in [1.807, 2.05) is 17.0 Å². The lowest BCUT2D eigenvalue weighted by Gasteiger charge is -2.36. The summed E-state index contributed by atoms with van der Waals surface area (Å²) in [5.41, 5.74) is 0.789. The van der Waals surface area contributed by atoms with E-state index in [-0.39, 0.29) is 5.75 Å². The van der Waals surface area contributed by atoms with Crippen molar-refractivity contribution >= 4 is 5.69 Å². The first-order chi connectivity index (χ1) is 11.4. The van der Waals surface area contributed by atoms with E-state index < -0.39 is 11.7 Å². The highest BCUT2D eigenvalue weighted by atomic mass is 19.4. The Bertz CT molecular complexity index is 677. The van der Waals surface area contributed by atoms with Crippen molar-refractivity contribution in [3.63, 3.8) is 0 Å². The molecule has 0 aliphatic carbocycles. The summed E-state index contributed by atoms with van der Waals surface area (Å²) in [6, 6.07) is 12.8. The summed E-state index contributed by atoms with van der Waals surface area (Å²) in [5, 5.41) is 9.33. The number of phenolic OH excluding ortho intramolecular Hbond substituents is 1. The van der Waals surface area contributed by atoms with Crippen LogP contribution in [0.2, 0.25) is 0 Å². The molecule has 1 saturated heterocycles. The zero-order valence-electron chi connectivity index (χ0n) is 13.1. The van der Waals surface area contributed by atoms with Gasteiger partial charge in [0.2, 0.25) is 0 Å². The van der Waals surface area contributed by atoms with Gasteiger partial charge in [-0.05, 0) is 35.9 Å². The van der Waals surface area contributed by atoms with Crippen LogP contribution in [0.25, 0.3) is 0 Å². The zero-order valence-corrected chi connectivity index (χ0v) is 13.1. The molecule has 3 rings (SSSR count). The van der Waals surface area contributed by atoms with Crippen molar-refractivity contribution in [3.05, 3.63) is 59.7 Å². The number of hydrogen-bond acceptors (Lipinski definition) is 3. The van der Waals surface area contributed by atoms with E-state index in [2.05, 4.69) is 4.90 Å². The molecule has 6 heteroatoms. The average molecular weight is 336 g/mol. The van der Waals surface area contributed by atoms with Crippen LogP contribution in [0.3, 0.4) is 0 Å². The SMILES string of the molecule is Oc1ccc(N2CCN(Cc3ccccc3C(F)(F)F)CC2)cc1. The lowest BCUT2D eigenvalue weighted by molar-refractivity contribution is -0.138. The summed E-state index contributed by atoms with van der Waals surface area (Å²) < 4.78 is 39.2. The van der Waals surface area contributed by atoms with Gasteiger partial charge in [0.05, 0.1) is 5.56 Å². The number of benzene rings is 2. The van der Waals surface area contributed by atoms with Gasteiger partial charge in [-0.3, -0.25) is 4.90 Å². The van der Waals surface area contributed by atoms with E-state index in [0.29, 0.717) is 25.2 Å². The molecule has 0 atom stereocenters. The molecule has 24 heavy (non-hydrogen) atoms. The predicted octanol–water partition coefficient (Wildman–Crippen LogP) is 3.73. The molecule has 0 bridgehead atoms. The standard InChI is InChI=1S/C18H19F3N2O/c19-18(20,21)17-4-2-1-3-14(17)13-22-9-11-23(12-10-22)15-5-7-16(24)8-6-15/h1-8,24H,9-13H2. The Labute approximate surface area is 138 Å². The molecule has 1 N–H and O–H groups in total. The Kier molecular flexibility index (Phi) is 4.66. The molecule has 2 aromatic carbocycles. The van der Waals surface area contributed by atoms with Gasteiger partial charge < -0.3 is 10.0 Å². The summed E-state index contributed by atoms with van der Waals surface area (Å²) in [6.45, 7) is 3.21. The molecule has 3 nitrogen and oxygen atoms in total. The molecule has 128 valence electrons. The number of nitrogens with zero attached hydrogens (tertiary/aromatic N) is 2. The first kappa shape index (κ1) is 16.6. The third-order valence-electron chi connectivity index (χ3n) is 4.30. The molecule has 0 aromatic heterocycles. The van der Waals surface area contributed by atoms with Gasteiger partial charge in [0.1, 0.15) is 5.75 Å². The normalized spacial score (nSPS) is 16.4. The van der Waals surface area contributed by atoms with Crippen molar-refractivity contribution in [3.8, 4) is 5.75 Å². The monoisotopic (exact) mass is 336 g/mol. The van der Waals surface area contributed by atoms with Crippen LogP contribution in [0.15, 0.2) is 48.5 Å². The zero-order chi connectivity index (χ0) is 17.2. The third-order valence-corrected chi connectivity index (χ3v) is 4.30. The van der Waals surface area contributed by atoms with Crippen molar-refractivity contribution in [1.82, 2.24) is 4.90 Å². The van der Waals surface area contributed by atoms with Gasteiger partial charge in [-0.1, -0.05) is 18.2 Å². The minimum atomic E-state index is -4.32. The molecular weight excluding hydrogens is 317 g/mol. The van der Waals surface area contributed by atoms with Crippen molar-refractivity contribution < 1.29 is 18.3 Å². The summed E-state index contributed by atoms with van der Waals surface area (Å²) in [6.07, 6.45) is -4.32. The second-order valence-electron chi connectivity index (χ2n) is 5.93. The lowest BCUT2D eigenvalue weighted by Crippen LogP contribution is -2.46. The van der Waals surface area contributed by atoms with Gasteiger partial charge >= 0.3 is 6.18 Å². The molecule has 1 heterocycles. The van der Waals surface area contributed by atoms with E-state index in [9.17, 15) is 18.3 Å². The smallest absolute Gasteiger partial charge is 0.416 e. The quantitative estimate of drug-likeness (QED) is 0.925. The van der Waals surface area contributed by atoms with Crippen LogP contribution in [0.1, 0.15) is 11.1 Å². The first-order valence-corrected chi connectivity index (χ1v) is 7.85. The number of hydrogen-bond donors (Lipinski definition) is 1. The third kappa shape index (κ3) is 3.82. The lowest BCUT2D eigenvalue weighted by atomic mass is 10.1. The second kappa shape index (κ2) is 6.73. The van der Waals surface area contributed by atoms with Gasteiger partial charge in [0.25, 0.3) is 0 Å². The van der Waals surface area contributed by atoms with Crippen LogP contribution in [0, 0.1) is 0 Å². The minimum absolute atomic E-state index is 0.223. The van der Waals surface area contributed by atoms with Crippen LogP contribution in [-0.2, 0) is 12.7 Å². The minimum Gasteiger partial charge on any atom is -0.508 e. The van der Waals surface area contributed by atoms with Crippen LogP contribution < -0.4 is 4.90 Å². The average Bonchev–Trinajstić information content (AvgIpc) is 2.56. The summed E-state index contributed by atoms with van der Waals surface area (Å²) in [4.78, 5) is 4.22. The number of aromatic hydroxyl groups is 1. The Morgan fingerprint density at radius 1 is 0.875 bits per heavy atom. The maximum atomic E-state index is 13.1. The maximum Gasteiger partial charge on any atom is 0.416 e. The number of halogens is 3. The molecule has 1 aliphatic rings. The van der Waals surface area contributed by atoms with Gasteiger partial charge in [-0.2, -0.15) is 13.2 Å². The molecule has 1 aliphatic heterocycles. The fourth-order valence-corrected chi connectivity index (χ4v) is 3.00. The molecule has 0 unspecified atom stereocenters. The highest BCUT2D eigenvalue weighted by Crippen LogP contribution is 2.32. The highest BCUT2D eigenvalue weighted by molar-refractivity contribution is 5.49. The van der Waals surface area contributed by atoms with Crippen LogP contribution in [0.5, 0.6) is 5.75 Å². The fraction of sp³-hybridized carbons (Fsp3) is 0.333. The molecule has 1 fully saturated rings. The van der Waals surface area contributed by atoms with Crippen LogP contribution >= 0.6 is 0 Å². The van der Waals surface area contributed by atoms with Gasteiger partial charge in [-0.15, -0.1) is 0 Å². The van der Waals surface area contributed by atoms with E-state index in [0.717, 1.165) is 24.8 Å². The van der Waals surface area contributed by atoms with E-state index >= 15 is 0 Å². The first-order valence-electron chi connectivity index (χ1n) is 7.85. The second-order valence-corrected chi connectivity index (χ2v) is 5.93. The maximum absolute atomic E-state index is 13.1.